The Balaban J connectivity index is 0.000000193. The van der Waals surface area contributed by atoms with Crippen molar-refractivity contribution < 1.29 is 75.0 Å². The lowest BCUT2D eigenvalue weighted by Crippen LogP contribution is -2.25. The van der Waals surface area contributed by atoms with Gasteiger partial charge in [-0.3, -0.25) is 24.0 Å². The lowest BCUT2D eigenvalue weighted by Gasteiger charge is -2.19. The number of hydrogen-bond acceptors (Lipinski definition) is 18. The maximum atomic E-state index is 12.5. The van der Waals surface area contributed by atoms with E-state index in [-0.39, 0.29) is 89.0 Å². The predicted octanol–water partition coefficient (Wildman–Crippen LogP) is 17.5. The van der Waals surface area contributed by atoms with E-state index in [2.05, 4.69) is 104 Å². The molecule has 13 atom stereocenters. The molecule has 27 heteroatoms. The second-order valence-corrected chi connectivity index (χ2v) is 40.0. The van der Waals surface area contributed by atoms with Crippen LogP contribution in [0.25, 0.3) is 32.7 Å². The number of aliphatic hydroxyl groups is 7. The molecule has 9 aromatic rings. The van der Waals surface area contributed by atoms with E-state index in [0.717, 1.165) is 106 Å². The number of unbranched alkanes of at least 4 members (excludes halogenated alkanes) is 3. The number of aliphatic hydroxyl groups excluding tert-OH is 7. The number of allylic oxidation sites excluding steroid dienone is 7. The Morgan fingerprint density at radius 3 is 1.20 bits per heavy atom. The fourth-order valence-electron chi connectivity index (χ4n) is 16.3. The zero-order valence-corrected chi connectivity index (χ0v) is 77.3. The molecule has 3 fully saturated rings. The van der Waals surface area contributed by atoms with E-state index >= 15 is 0 Å². The second-order valence-electron chi connectivity index (χ2n) is 32.7. The predicted molar refractivity (Wildman–Crippen MR) is 502 cm³/mol. The lowest BCUT2D eigenvalue weighted by molar-refractivity contribution is -0.122. The number of phenolic OH excluding ortho intramolecular Hbond substituents is 3. The van der Waals surface area contributed by atoms with E-state index in [1.165, 1.54) is 31.3 Å². The zero-order chi connectivity index (χ0) is 88.1. The number of amides is 3. The number of H-pyrrole nitrogens is 3. The summed E-state index contributed by atoms with van der Waals surface area (Å²) in [5.74, 6) is -0.741. The van der Waals surface area contributed by atoms with Crippen LogP contribution in [0.5, 0.6) is 17.2 Å². The van der Waals surface area contributed by atoms with Crippen LogP contribution in [0, 0.1) is 56.3 Å². The largest absolute Gasteiger partial charge is 0.508 e. The first kappa shape index (κ1) is 97.3. The second kappa shape index (κ2) is 49.3. The number of halogens is 3. The average Bonchev–Trinajstić information content (AvgIpc) is 1.70. The summed E-state index contributed by atoms with van der Waals surface area (Å²) >= 11 is 15.7. The topological polar surface area (TPSA) is 371 Å². The molecule has 3 aromatic carbocycles. The molecule has 6 aromatic heterocycles. The number of ketones is 2. The molecule has 0 radical (unpaired) electrons. The van der Waals surface area contributed by atoms with Crippen molar-refractivity contribution in [3.05, 3.63) is 224 Å². The Kier molecular flexibility index (Phi) is 39.0. The van der Waals surface area contributed by atoms with Gasteiger partial charge in [0.25, 0.3) is 0 Å². The number of thiophene rings is 3. The summed E-state index contributed by atoms with van der Waals surface area (Å²) < 4.78 is 3.35. The molecule has 0 bridgehead atoms. The van der Waals surface area contributed by atoms with Gasteiger partial charge < -0.3 is 82.0 Å². The molecule has 3 amide bonds. The van der Waals surface area contributed by atoms with Gasteiger partial charge >= 0.3 is 0 Å². The van der Waals surface area contributed by atoms with Crippen molar-refractivity contribution in [2.75, 3.05) is 19.6 Å². The van der Waals surface area contributed by atoms with Crippen molar-refractivity contribution in [1.82, 2.24) is 30.9 Å². The number of Topliss-reactive ketones (excluding diaryl/α,β-unsaturated/α-hetero) is 2. The van der Waals surface area contributed by atoms with Crippen molar-refractivity contribution in [1.29, 1.82) is 0 Å². The van der Waals surface area contributed by atoms with Gasteiger partial charge in [-0.25, -0.2) is 0 Å². The number of benzene rings is 3. The number of aromatic hydroxyl groups is 3. The molecule has 6 heterocycles. The lowest BCUT2D eigenvalue weighted by atomic mass is 9.89. The smallest absolute Gasteiger partial charge is 0.220 e. The Hall–Kier alpha value is -7.87. The molecule has 21 nitrogen and oxygen atoms in total. The average molecular weight is 1930 g/mol. The monoisotopic (exact) mass is 1930 g/mol. The minimum absolute atomic E-state index is 0.000730. The maximum Gasteiger partial charge on any atom is 0.220 e. The molecule has 3 aliphatic carbocycles. The van der Waals surface area contributed by atoms with Gasteiger partial charge in [0.15, 0.2) is 0 Å². The van der Waals surface area contributed by atoms with Gasteiger partial charge in [-0.2, -0.15) is 0 Å². The standard InChI is InChI=1S/C32H41BrN2O5S.2C32H39BrN2O5S/c3*1-20-16-24(41-32(20)33)11-8-22(36)9-12-26-25(29(38)18-30(26)39)6-4-2-3-5-7-31(40)34-15-14-21-19-35-28-13-10-23(37)17-27(21)28/h2,4,9-10,12-13,16-17,19,22,25-26,29-30,35-39H,3,5-8,11,14-15,18H2,1H3,(H,34,40);2,4,9-10,12-13,16-17,19,22,25-26,30,35-37,39H,3,5-8,11,14-15,18H2,1H3,(H,34,40);2,4,9-10,12-13,16-17,19,22,25-26,29,35-38H,3,5-8,11,14-15,18H2,1H3,(H,34,40)/b3*4-2-,12-9+/t22-,25+,26+,29-,30+;22-,25+,26+,30+;22-,25+,26+,29-/m000/s1. The number of nitrogens with one attached hydrogen (secondary N) is 6. The molecule has 123 heavy (non-hydrogen) atoms. The molecule has 0 spiro atoms. The minimum Gasteiger partial charge on any atom is -0.508 e. The highest BCUT2D eigenvalue weighted by Crippen LogP contribution is 2.40. The molecular weight excluding hydrogens is 1810 g/mol. The van der Waals surface area contributed by atoms with Crippen molar-refractivity contribution in [3.63, 3.8) is 0 Å². The van der Waals surface area contributed by atoms with Crippen LogP contribution in [0.1, 0.15) is 164 Å². The Labute approximate surface area is 757 Å². The summed E-state index contributed by atoms with van der Waals surface area (Å²) in [6.07, 6.45) is 38.2. The van der Waals surface area contributed by atoms with Gasteiger partial charge in [0.1, 0.15) is 28.8 Å². The van der Waals surface area contributed by atoms with Gasteiger partial charge in [0.05, 0.1) is 54.1 Å². The molecule has 0 unspecified atom stereocenters. The molecule has 3 saturated carbocycles. The SMILES string of the molecule is Cc1cc(CC[C@H](O)/C=C/[C@@H]2[C@@H](C/C=C\CCCC(=O)NCCc3c[nH]c4ccc(O)cc34)[C@@H](O)C[C@H]2O)sc1Br.Cc1cc(CC[C@H](O)/C=C/[C@H]2C(=O)C[C@H](O)[C@@H]2C/C=C\CCCC(=O)NCCc2c[nH]c3ccc(O)cc23)sc1Br.Cc1cc(CC[C@H](O)/C=C/[C@H]2[C@H](O)CC(=O)[C@@H]2C/C=C\CCCC(=O)NCCc2c[nH]c3ccc(O)cc23)sc1Br. The number of aromatic amines is 3. The number of fused-ring (bicyclic) bond motifs is 3. The maximum absolute atomic E-state index is 12.5. The van der Waals surface area contributed by atoms with Crippen LogP contribution >= 0.6 is 81.8 Å². The number of carbonyl (C=O) groups excluding carboxylic acids is 5. The third-order valence-corrected chi connectivity index (χ3v) is 29.8. The minimum atomic E-state index is -0.723. The summed E-state index contributed by atoms with van der Waals surface area (Å²) in [4.78, 5) is 74.9. The summed E-state index contributed by atoms with van der Waals surface area (Å²) in [6.45, 7) is 7.74. The van der Waals surface area contributed by atoms with Gasteiger partial charge in [0, 0.05) is 154 Å². The van der Waals surface area contributed by atoms with Crippen LogP contribution in [-0.4, -0.2) is 158 Å². The van der Waals surface area contributed by atoms with E-state index in [1.807, 2.05) is 99.2 Å². The van der Waals surface area contributed by atoms with E-state index in [4.69, 9.17) is 0 Å². The van der Waals surface area contributed by atoms with E-state index in [1.54, 1.807) is 94.7 Å². The first-order chi connectivity index (χ1) is 59.1. The van der Waals surface area contributed by atoms with E-state index in [9.17, 15) is 75.0 Å². The Morgan fingerprint density at radius 2 is 0.813 bits per heavy atom. The third kappa shape index (κ3) is 30.4. The zero-order valence-electron chi connectivity index (χ0n) is 70.1. The number of hydrogen-bond donors (Lipinski definition) is 16. The molecule has 12 rings (SSSR count). The Bertz CT molecular complexity index is 5070. The van der Waals surface area contributed by atoms with Crippen LogP contribution in [0.3, 0.4) is 0 Å². The molecule has 3 aliphatic rings. The van der Waals surface area contributed by atoms with Crippen molar-refractivity contribution in [3.8, 4) is 17.2 Å². The Morgan fingerprint density at radius 1 is 0.447 bits per heavy atom. The number of aromatic nitrogens is 3. The normalized spacial score (nSPS) is 20.7. The van der Waals surface area contributed by atoms with Crippen molar-refractivity contribution in [2.45, 2.75) is 218 Å². The fraction of sp³-hybridized carbons (Fsp3) is 0.448. The summed E-state index contributed by atoms with van der Waals surface area (Å²) in [7, 11) is 0. The highest BCUT2D eigenvalue weighted by molar-refractivity contribution is 9.11. The van der Waals surface area contributed by atoms with Crippen molar-refractivity contribution >= 4 is 144 Å². The van der Waals surface area contributed by atoms with Crippen LogP contribution in [0.4, 0.5) is 0 Å². The highest BCUT2D eigenvalue weighted by Gasteiger charge is 2.42. The van der Waals surface area contributed by atoms with Gasteiger partial charge in [-0.05, 0) is 296 Å². The van der Waals surface area contributed by atoms with Crippen molar-refractivity contribution in [2.24, 2.45) is 35.5 Å². The van der Waals surface area contributed by atoms with Gasteiger partial charge in [0.2, 0.25) is 17.7 Å². The summed E-state index contributed by atoms with van der Waals surface area (Å²) in [5, 5.41) is 114. The van der Waals surface area contributed by atoms with Crippen LogP contribution in [-0.2, 0) is 62.5 Å². The highest BCUT2D eigenvalue weighted by atomic mass is 79.9. The molecular formula is C96H119Br3N6O15S3. The molecule has 0 saturated heterocycles. The van der Waals surface area contributed by atoms with Gasteiger partial charge in [-0.15, -0.1) is 34.0 Å². The first-order valence-electron chi connectivity index (χ1n) is 42.9. The van der Waals surface area contributed by atoms with Crippen LogP contribution in [0.2, 0.25) is 0 Å². The number of aryl methyl sites for hydroxylation is 6. The number of rotatable bonds is 42. The fourth-order valence-corrected chi connectivity index (χ4v) is 21.2. The number of carbonyl (C=O) groups is 5. The van der Waals surface area contributed by atoms with Gasteiger partial charge in [-0.1, -0.05) is 72.9 Å². The molecule has 662 valence electrons. The van der Waals surface area contributed by atoms with Crippen LogP contribution in [0.15, 0.2) is 176 Å². The number of phenols is 3. The van der Waals surface area contributed by atoms with E-state index < -0.39 is 48.6 Å². The summed E-state index contributed by atoms with van der Waals surface area (Å²) in [6, 6.07) is 22.0. The van der Waals surface area contributed by atoms with E-state index in [0.29, 0.717) is 116 Å². The first-order valence-corrected chi connectivity index (χ1v) is 47.7. The molecule has 16 N–H and O–H groups in total. The quantitative estimate of drug-likeness (QED) is 0.0125. The molecule has 0 aliphatic heterocycles. The summed E-state index contributed by atoms with van der Waals surface area (Å²) in [5.41, 5.74) is 9.63. The third-order valence-electron chi connectivity index (χ3n) is 23.3. The van der Waals surface area contributed by atoms with Crippen LogP contribution < -0.4 is 16.0 Å².